The first kappa shape index (κ1) is 14.6. The molecular weight excluding hydrogens is 268 g/mol. The summed E-state index contributed by atoms with van der Waals surface area (Å²) in [5.74, 6) is -0.369. The van der Waals surface area contributed by atoms with Gasteiger partial charge >= 0.3 is 0 Å². The molecule has 5 nitrogen and oxygen atoms in total. The summed E-state index contributed by atoms with van der Waals surface area (Å²) in [5, 5.41) is 2.59. The number of pyridine rings is 1. The van der Waals surface area contributed by atoms with E-state index in [-0.39, 0.29) is 29.7 Å². The van der Waals surface area contributed by atoms with Crippen molar-refractivity contribution in [2.45, 2.75) is 6.43 Å². The lowest BCUT2D eigenvalue weighted by Gasteiger charge is -2.07. The van der Waals surface area contributed by atoms with E-state index < -0.39 is 18.9 Å². The highest BCUT2D eigenvalue weighted by Crippen LogP contribution is 2.14. The first-order valence-electron chi connectivity index (χ1n) is 5.07. The molecule has 0 saturated carbocycles. The minimum Gasteiger partial charge on any atom is -0.384 e. The molecule has 0 fully saturated rings. The van der Waals surface area contributed by atoms with Gasteiger partial charge in [0.2, 0.25) is 0 Å². The average Bonchev–Trinajstić information content (AvgIpc) is 2.31. The zero-order valence-corrected chi connectivity index (χ0v) is 10.1. The van der Waals surface area contributed by atoms with Crippen molar-refractivity contribution < 1.29 is 18.3 Å². The van der Waals surface area contributed by atoms with Crippen LogP contribution in [0.15, 0.2) is 12.1 Å². The second-order valence-electron chi connectivity index (χ2n) is 3.29. The molecule has 0 bridgehead atoms. The van der Waals surface area contributed by atoms with E-state index in [1.54, 1.807) is 0 Å². The molecule has 1 heterocycles. The van der Waals surface area contributed by atoms with Gasteiger partial charge in [0.05, 0.1) is 11.6 Å². The third-order valence-corrected chi connectivity index (χ3v) is 2.16. The number of nitrogen functional groups attached to an aromatic ring is 1. The number of carbonyl (C=O) groups excluding carboxylic acids is 1. The van der Waals surface area contributed by atoms with Gasteiger partial charge in [-0.25, -0.2) is 13.8 Å². The number of nitrogens with one attached hydrogen (secondary N) is 1. The Kier molecular flexibility index (Phi) is 5.73. The predicted molar refractivity (Wildman–Crippen MR) is 62.8 cm³/mol. The van der Waals surface area contributed by atoms with Crippen LogP contribution in [-0.4, -0.2) is 37.1 Å². The molecule has 0 atom stereocenters. The molecule has 0 aliphatic heterocycles. The fourth-order valence-corrected chi connectivity index (χ4v) is 1.30. The van der Waals surface area contributed by atoms with E-state index in [4.69, 9.17) is 17.3 Å². The highest BCUT2D eigenvalue weighted by atomic mass is 35.5. The molecule has 0 spiro atoms. The molecule has 1 rings (SSSR count). The normalized spacial score (nSPS) is 10.7. The largest absolute Gasteiger partial charge is 0.384 e. The first-order valence-corrected chi connectivity index (χ1v) is 5.44. The Hall–Kier alpha value is -1.47. The fraction of sp³-hybridized carbons (Fsp3) is 0.400. The number of hydrogen-bond donors (Lipinski definition) is 2. The van der Waals surface area contributed by atoms with Gasteiger partial charge in [0.15, 0.2) is 0 Å². The molecule has 0 aliphatic carbocycles. The number of aromatic nitrogens is 1. The van der Waals surface area contributed by atoms with Crippen LogP contribution >= 0.6 is 11.6 Å². The Morgan fingerprint density at radius 3 is 2.94 bits per heavy atom. The van der Waals surface area contributed by atoms with Gasteiger partial charge in [-0.3, -0.25) is 4.79 Å². The van der Waals surface area contributed by atoms with E-state index in [0.29, 0.717) is 0 Å². The Balaban J connectivity index is 2.39. The molecule has 0 radical (unpaired) electrons. The number of nitrogens with zero attached hydrogens (tertiary/aromatic N) is 1. The standard InChI is InChI=1S/C10H12ClF2N3O2/c11-6-1-2-8(14)16-9(6)10(17)15-3-4-18-5-7(12)13/h1-2,7H,3-5H2,(H2,14,16)(H,15,17). The van der Waals surface area contributed by atoms with E-state index in [9.17, 15) is 13.6 Å². The lowest BCUT2D eigenvalue weighted by molar-refractivity contribution is 0.0188. The van der Waals surface area contributed by atoms with Crippen molar-refractivity contribution in [2.24, 2.45) is 0 Å². The molecule has 0 saturated heterocycles. The number of hydrogen-bond acceptors (Lipinski definition) is 4. The van der Waals surface area contributed by atoms with Crippen molar-refractivity contribution in [2.75, 3.05) is 25.5 Å². The quantitative estimate of drug-likeness (QED) is 0.770. The summed E-state index contributed by atoms with van der Waals surface area (Å²) in [6.07, 6.45) is -2.52. The molecule has 18 heavy (non-hydrogen) atoms. The third-order valence-electron chi connectivity index (χ3n) is 1.86. The van der Waals surface area contributed by atoms with Crippen LogP contribution in [0.2, 0.25) is 5.02 Å². The molecule has 8 heteroatoms. The van der Waals surface area contributed by atoms with Gasteiger partial charge in [-0.1, -0.05) is 11.6 Å². The minimum absolute atomic E-state index is 0.00877. The summed E-state index contributed by atoms with van der Waals surface area (Å²) in [5.41, 5.74) is 5.41. The summed E-state index contributed by atoms with van der Waals surface area (Å²) < 4.78 is 28.1. The number of ether oxygens (including phenoxy) is 1. The van der Waals surface area contributed by atoms with Crippen LogP contribution in [0.3, 0.4) is 0 Å². The molecular formula is C10H12ClF2N3O2. The topological polar surface area (TPSA) is 77.2 Å². The minimum atomic E-state index is -2.52. The maximum atomic E-state index is 11.7. The van der Waals surface area contributed by atoms with Crippen LogP contribution in [0.5, 0.6) is 0 Å². The van der Waals surface area contributed by atoms with Gasteiger partial charge in [0.25, 0.3) is 12.3 Å². The van der Waals surface area contributed by atoms with Crippen LogP contribution in [0.25, 0.3) is 0 Å². The first-order chi connectivity index (χ1) is 8.50. The Bertz CT molecular complexity index is 418. The molecule has 0 aliphatic rings. The average molecular weight is 280 g/mol. The van der Waals surface area contributed by atoms with E-state index >= 15 is 0 Å². The maximum absolute atomic E-state index is 11.7. The number of halogens is 3. The predicted octanol–water partition coefficient (Wildman–Crippen LogP) is 1.33. The van der Waals surface area contributed by atoms with E-state index in [1.807, 2.05) is 0 Å². The second-order valence-corrected chi connectivity index (χ2v) is 3.70. The maximum Gasteiger partial charge on any atom is 0.271 e. The van der Waals surface area contributed by atoms with Crippen molar-refractivity contribution in [1.29, 1.82) is 0 Å². The third kappa shape index (κ3) is 4.80. The highest BCUT2D eigenvalue weighted by Gasteiger charge is 2.12. The van der Waals surface area contributed by atoms with Crippen molar-refractivity contribution in [3.8, 4) is 0 Å². The van der Waals surface area contributed by atoms with Gasteiger partial charge in [-0.2, -0.15) is 0 Å². The lowest BCUT2D eigenvalue weighted by atomic mass is 10.3. The van der Waals surface area contributed by atoms with Crippen molar-refractivity contribution in [3.63, 3.8) is 0 Å². The molecule has 1 aromatic rings. The smallest absolute Gasteiger partial charge is 0.271 e. The summed E-state index contributed by atoms with van der Waals surface area (Å²) in [7, 11) is 0. The number of nitrogens with two attached hydrogens (primary N) is 1. The Morgan fingerprint density at radius 1 is 1.56 bits per heavy atom. The summed E-state index contributed by atoms with van der Waals surface area (Å²) in [6, 6.07) is 2.91. The number of rotatable bonds is 6. The van der Waals surface area contributed by atoms with Crippen LogP contribution in [-0.2, 0) is 4.74 Å². The van der Waals surface area contributed by atoms with Crippen LogP contribution in [0.4, 0.5) is 14.6 Å². The van der Waals surface area contributed by atoms with Crippen LogP contribution in [0, 0.1) is 0 Å². The van der Waals surface area contributed by atoms with Crippen molar-refractivity contribution in [1.82, 2.24) is 10.3 Å². The zero-order chi connectivity index (χ0) is 13.5. The van der Waals surface area contributed by atoms with E-state index in [0.717, 1.165) is 0 Å². The van der Waals surface area contributed by atoms with Gasteiger partial charge in [-0.05, 0) is 12.1 Å². The number of alkyl halides is 2. The number of anilines is 1. The summed E-state index contributed by atoms with van der Waals surface area (Å²) >= 11 is 5.76. The molecule has 3 N–H and O–H groups in total. The number of amides is 1. The monoisotopic (exact) mass is 279 g/mol. The van der Waals surface area contributed by atoms with E-state index in [2.05, 4.69) is 15.0 Å². The van der Waals surface area contributed by atoms with Gasteiger partial charge in [0, 0.05) is 6.54 Å². The Morgan fingerprint density at radius 2 is 2.28 bits per heavy atom. The zero-order valence-electron chi connectivity index (χ0n) is 9.33. The molecule has 0 unspecified atom stereocenters. The molecule has 1 aromatic heterocycles. The lowest BCUT2D eigenvalue weighted by Crippen LogP contribution is -2.29. The number of carbonyl (C=O) groups is 1. The summed E-state index contributed by atoms with van der Waals surface area (Å²) in [4.78, 5) is 15.4. The summed E-state index contributed by atoms with van der Waals surface area (Å²) in [6.45, 7) is -0.596. The van der Waals surface area contributed by atoms with Gasteiger partial charge in [-0.15, -0.1) is 0 Å². The molecule has 1 amide bonds. The van der Waals surface area contributed by atoms with Gasteiger partial charge in [0.1, 0.15) is 18.1 Å². The molecule has 0 aromatic carbocycles. The Labute approximate surface area is 107 Å². The highest BCUT2D eigenvalue weighted by molar-refractivity contribution is 6.33. The SMILES string of the molecule is Nc1ccc(Cl)c(C(=O)NCCOCC(F)F)n1. The van der Waals surface area contributed by atoms with Crippen LogP contribution < -0.4 is 11.1 Å². The van der Waals surface area contributed by atoms with E-state index in [1.165, 1.54) is 12.1 Å². The van der Waals surface area contributed by atoms with Gasteiger partial charge < -0.3 is 15.8 Å². The van der Waals surface area contributed by atoms with Crippen molar-refractivity contribution >= 4 is 23.3 Å². The van der Waals surface area contributed by atoms with Crippen molar-refractivity contribution in [3.05, 3.63) is 22.8 Å². The van der Waals surface area contributed by atoms with Crippen LogP contribution in [0.1, 0.15) is 10.5 Å². The molecule has 100 valence electrons. The fourth-order valence-electron chi connectivity index (χ4n) is 1.11. The second kappa shape index (κ2) is 7.07.